The predicted molar refractivity (Wildman–Crippen MR) is 81.8 cm³/mol. The summed E-state index contributed by atoms with van der Waals surface area (Å²) in [5, 5.41) is 3.00. The minimum atomic E-state index is 0.0666. The van der Waals surface area contributed by atoms with E-state index in [0.717, 1.165) is 24.2 Å². The quantitative estimate of drug-likeness (QED) is 0.765. The highest BCUT2D eigenvalue weighted by molar-refractivity contribution is 5.76. The molecule has 0 saturated carbocycles. The molecule has 0 spiro atoms. The number of hydrogen-bond donors (Lipinski definition) is 2. The summed E-state index contributed by atoms with van der Waals surface area (Å²) in [4.78, 5) is 11.9. The first kappa shape index (κ1) is 16.5. The van der Waals surface area contributed by atoms with Gasteiger partial charge in [0, 0.05) is 19.0 Å². The summed E-state index contributed by atoms with van der Waals surface area (Å²) >= 11 is 0. The Labute approximate surface area is 121 Å². The van der Waals surface area contributed by atoms with Gasteiger partial charge >= 0.3 is 0 Å². The lowest BCUT2D eigenvalue weighted by Crippen LogP contribution is -2.41. The van der Waals surface area contributed by atoms with E-state index in [1.165, 1.54) is 0 Å². The molecule has 112 valence electrons. The lowest BCUT2D eigenvalue weighted by atomic mass is 10.0. The van der Waals surface area contributed by atoms with Crippen molar-refractivity contribution < 1.29 is 9.53 Å². The first-order valence-corrected chi connectivity index (χ1v) is 7.17. The number of carbonyl (C=O) groups is 1. The van der Waals surface area contributed by atoms with E-state index in [-0.39, 0.29) is 11.9 Å². The molecular formula is C16H26N2O2. The molecule has 1 amide bonds. The van der Waals surface area contributed by atoms with Crippen LogP contribution < -0.4 is 15.8 Å². The number of nitrogens with one attached hydrogen (secondary N) is 1. The summed E-state index contributed by atoms with van der Waals surface area (Å²) in [5.41, 5.74) is 6.81. The van der Waals surface area contributed by atoms with Gasteiger partial charge in [-0.05, 0) is 36.5 Å². The van der Waals surface area contributed by atoms with Crippen LogP contribution in [0.25, 0.3) is 0 Å². The number of benzene rings is 1. The van der Waals surface area contributed by atoms with Crippen LogP contribution in [0.15, 0.2) is 24.3 Å². The van der Waals surface area contributed by atoms with Crippen LogP contribution in [0.1, 0.15) is 32.3 Å². The molecule has 1 unspecified atom stereocenters. The molecule has 1 rings (SSSR count). The van der Waals surface area contributed by atoms with Crippen molar-refractivity contribution in [2.24, 2.45) is 11.7 Å². The molecule has 1 aromatic rings. The lowest BCUT2D eigenvalue weighted by molar-refractivity contribution is -0.121. The van der Waals surface area contributed by atoms with Crippen LogP contribution >= 0.6 is 0 Å². The summed E-state index contributed by atoms with van der Waals surface area (Å²) < 4.78 is 5.11. The third-order valence-corrected chi connectivity index (χ3v) is 3.21. The molecule has 3 N–H and O–H groups in total. The van der Waals surface area contributed by atoms with Crippen molar-refractivity contribution in [2.75, 3.05) is 13.7 Å². The standard InChI is InChI=1S/C16H26N2O2/c1-12(2)10-14(11-17)18-16(19)9-6-13-4-7-15(20-3)8-5-13/h4-5,7-8,12,14H,6,9-11,17H2,1-3H3,(H,18,19). The number of aryl methyl sites for hydroxylation is 1. The Morgan fingerprint density at radius 1 is 1.30 bits per heavy atom. The highest BCUT2D eigenvalue weighted by Gasteiger charge is 2.12. The number of amides is 1. The molecule has 0 heterocycles. The molecule has 1 aromatic carbocycles. The zero-order chi connectivity index (χ0) is 15.0. The Bertz CT molecular complexity index is 401. The van der Waals surface area contributed by atoms with Gasteiger partial charge < -0.3 is 15.8 Å². The second kappa shape index (κ2) is 8.59. The summed E-state index contributed by atoms with van der Waals surface area (Å²) in [6, 6.07) is 7.88. The van der Waals surface area contributed by atoms with E-state index in [4.69, 9.17) is 10.5 Å². The summed E-state index contributed by atoms with van der Waals surface area (Å²) in [5.74, 6) is 1.43. The molecule has 0 saturated heterocycles. The van der Waals surface area contributed by atoms with Crippen LogP contribution in [-0.2, 0) is 11.2 Å². The molecular weight excluding hydrogens is 252 g/mol. The van der Waals surface area contributed by atoms with E-state index < -0.39 is 0 Å². The minimum absolute atomic E-state index is 0.0666. The van der Waals surface area contributed by atoms with Crippen molar-refractivity contribution in [3.8, 4) is 5.75 Å². The van der Waals surface area contributed by atoms with Gasteiger partial charge in [-0.1, -0.05) is 26.0 Å². The highest BCUT2D eigenvalue weighted by atomic mass is 16.5. The number of nitrogens with two attached hydrogens (primary N) is 1. The first-order valence-electron chi connectivity index (χ1n) is 7.17. The van der Waals surface area contributed by atoms with Gasteiger partial charge in [0.15, 0.2) is 0 Å². The third-order valence-electron chi connectivity index (χ3n) is 3.21. The van der Waals surface area contributed by atoms with Gasteiger partial charge in [0.25, 0.3) is 0 Å². The Morgan fingerprint density at radius 3 is 2.45 bits per heavy atom. The summed E-state index contributed by atoms with van der Waals surface area (Å²) in [6.07, 6.45) is 2.14. The van der Waals surface area contributed by atoms with Crippen LogP contribution in [0, 0.1) is 5.92 Å². The monoisotopic (exact) mass is 278 g/mol. The maximum absolute atomic E-state index is 11.9. The Kier molecular flexibility index (Phi) is 7.09. The summed E-state index contributed by atoms with van der Waals surface area (Å²) in [7, 11) is 1.64. The SMILES string of the molecule is COc1ccc(CCC(=O)NC(CN)CC(C)C)cc1. The Morgan fingerprint density at radius 2 is 1.95 bits per heavy atom. The second-order valence-electron chi connectivity index (χ2n) is 5.48. The fourth-order valence-electron chi connectivity index (χ4n) is 2.13. The first-order chi connectivity index (χ1) is 9.55. The van der Waals surface area contributed by atoms with Crippen LogP contribution in [0.3, 0.4) is 0 Å². The molecule has 20 heavy (non-hydrogen) atoms. The predicted octanol–water partition coefficient (Wildman–Crippen LogP) is 2.12. The number of rotatable bonds is 8. The van der Waals surface area contributed by atoms with E-state index in [1.54, 1.807) is 7.11 Å². The van der Waals surface area contributed by atoms with E-state index in [0.29, 0.717) is 18.9 Å². The normalized spacial score (nSPS) is 12.2. The van der Waals surface area contributed by atoms with Crippen molar-refractivity contribution in [3.63, 3.8) is 0 Å². The number of ether oxygens (including phenoxy) is 1. The molecule has 4 heteroatoms. The average Bonchev–Trinajstić information content (AvgIpc) is 2.44. The molecule has 1 atom stereocenters. The Hall–Kier alpha value is -1.55. The Balaban J connectivity index is 2.37. The second-order valence-corrected chi connectivity index (χ2v) is 5.48. The number of carbonyl (C=O) groups excluding carboxylic acids is 1. The zero-order valence-corrected chi connectivity index (χ0v) is 12.7. The zero-order valence-electron chi connectivity index (χ0n) is 12.7. The van der Waals surface area contributed by atoms with Crippen LogP contribution in [0.5, 0.6) is 5.75 Å². The van der Waals surface area contributed by atoms with Crippen molar-refractivity contribution in [1.82, 2.24) is 5.32 Å². The maximum Gasteiger partial charge on any atom is 0.220 e. The maximum atomic E-state index is 11.9. The van der Waals surface area contributed by atoms with Crippen LogP contribution in [0.2, 0.25) is 0 Å². The molecule has 0 fully saturated rings. The average molecular weight is 278 g/mol. The molecule has 0 aromatic heterocycles. The third kappa shape index (κ3) is 6.06. The van der Waals surface area contributed by atoms with Crippen molar-refractivity contribution >= 4 is 5.91 Å². The molecule has 0 aliphatic carbocycles. The topological polar surface area (TPSA) is 64.3 Å². The van der Waals surface area contributed by atoms with E-state index in [9.17, 15) is 4.79 Å². The molecule has 0 aliphatic heterocycles. The fourth-order valence-corrected chi connectivity index (χ4v) is 2.13. The van der Waals surface area contributed by atoms with Gasteiger partial charge in [-0.15, -0.1) is 0 Å². The van der Waals surface area contributed by atoms with Crippen molar-refractivity contribution in [2.45, 2.75) is 39.2 Å². The van der Waals surface area contributed by atoms with E-state index in [1.807, 2.05) is 24.3 Å². The van der Waals surface area contributed by atoms with E-state index >= 15 is 0 Å². The van der Waals surface area contributed by atoms with Gasteiger partial charge in [-0.3, -0.25) is 4.79 Å². The van der Waals surface area contributed by atoms with Gasteiger partial charge in [-0.2, -0.15) is 0 Å². The van der Waals surface area contributed by atoms with Crippen molar-refractivity contribution in [1.29, 1.82) is 0 Å². The summed E-state index contributed by atoms with van der Waals surface area (Å²) in [6.45, 7) is 4.75. The van der Waals surface area contributed by atoms with Crippen LogP contribution in [0.4, 0.5) is 0 Å². The molecule has 4 nitrogen and oxygen atoms in total. The number of hydrogen-bond acceptors (Lipinski definition) is 3. The van der Waals surface area contributed by atoms with Crippen molar-refractivity contribution in [3.05, 3.63) is 29.8 Å². The van der Waals surface area contributed by atoms with Gasteiger partial charge in [0.05, 0.1) is 7.11 Å². The minimum Gasteiger partial charge on any atom is -0.497 e. The number of methoxy groups -OCH3 is 1. The molecule has 0 bridgehead atoms. The molecule has 0 radical (unpaired) electrons. The smallest absolute Gasteiger partial charge is 0.220 e. The van der Waals surface area contributed by atoms with Crippen LogP contribution in [-0.4, -0.2) is 25.6 Å². The molecule has 0 aliphatic rings. The fraction of sp³-hybridized carbons (Fsp3) is 0.562. The van der Waals surface area contributed by atoms with Gasteiger partial charge in [-0.25, -0.2) is 0 Å². The largest absolute Gasteiger partial charge is 0.497 e. The van der Waals surface area contributed by atoms with E-state index in [2.05, 4.69) is 19.2 Å². The lowest BCUT2D eigenvalue weighted by Gasteiger charge is -2.18. The van der Waals surface area contributed by atoms with Gasteiger partial charge in [0.2, 0.25) is 5.91 Å². The highest BCUT2D eigenvalue weighted by Crippen LogP contribution is 2.12. The van der Waals surface area contributed by atoms with Gasteiger partial charge in [0.1, 0.15) is 5.75 Å².